The van der Waals surface area contributed by atoms with E-state index in [1.807, 2.05) is 23.1 Å². The normalized spacial score (nSPS) is 18.5. The van der Waals surface area contributed by atoms with E-state index in [0.29, 0.717) is 31.2 Å². The van der Waals surface area contributed by atoms with Crippen LogP contribution in [0.3, 0.4) is 0 Å². The number of likely N-dealkylation sites (tertiary alicyclic amines) is 1. The number of hydrogen-bond acceptors (Lipinski definition) is 6. The Labute approximate surface area is 186 Å². The smallest absolute Gasteiger partial charge is 0.263 e. The minimum atomic E-state index is -3.95. The van der Waals surface area contributed by atoms with Crippen molar-refractivity contribution >= 4 is 39.0 Å². The summed E-state index contributed by atoms with van der Waals surface area (Å²) >= 11 is 6.27. The van der Waals surface area contributed by atoms with Crippen LogP contribution in [0.15, 0.2) is 35.5 Å². The van der Waals surface area contributed by atoms with E-state index in [9.17, 15) is 18.0 Å². The first-order valence-corrected chi connectivity index (χ1v) is 11.9. The number of piperidine rings is 1. The Morgan fingerprint density at radius 1 is 1.03 bits per heavy atom. The average Bonchev–Trinajstić information content (AvgIpc) is 3.17. The molecule has 0 spiro atoms. The molecular weight excluding hydrogens is 442 g/mol. The summed E-state index contributed by atoms with van der Waals surface area (Å²) in [6.07, 6.45) is 2.02. The van der Waals surface area contributed by atoms with Gasteiger partial charge in [0.25, 0.3) is 15.9 Å². The summed E-state index contributed by atoms with van der Waals surface area (Å²) in [6, 6.07) is 7.46. The van der Waals surface area contributed by atoms with Crippen LogP contribution in [0.2, 0.25) is 5.02 Å². The lowest BCUT2D eigenvalue weighted by molar-refractivity contribution is -0.120. The number of aryl methyl sites for hydroxylation is 1. The van der Waals surface area contributed by atoms with Crippen molar-refractivity contribution in [3.63, 3.8) is 0 Å². The molecule has 2 saturated heterocycles. The summed E-state index contributed by atoms with van der Waals surface area (Å²) in [5.74, 6) is -0.298. The van der Waals surface area contributed by atoms with Gasteiger partial charge >= 0.3 is 0 Å². The van der Waals surface area contributed by atoms with Gasteiger partial charge in [-0.15, -0.1) is 0 Å². The molecule has 3 heterocycles. The van der Waals surface area contributed by atoms with Crippen LogP contribution in [0.1, 0.15) is 23.2 Å². The van der Waals surface area contributed by atoms with Gasteiger partial charge < -0.3 is 9.80 Å². The first-order valence-electron chi connectivity index (χ1n) is 10.1. The second-order valence-electron chi connectivity index (χ2n) is 7.70. The molecule has 2 aromatic rings. The van der Waals surface area contributed by atoms with Crippen molar-refractivity contribution in [2.75, 3.05) is 44.2 Å². The van der Waals surface area contributed by atoms with Crippen LogP contribution < -0.4 is 4.90 Å². The van der Waals surface area contributed by atoms with Gasteiger partial charge in [0.1, 0.15) is 5.78 Å². The Hall–Kier alpha value is -2.43. The number of aromatic nitrogens is 2. The second kappa shape index (κ2) is 8.60. The lowest BCUT2D eigenvalue weighted by Gasteiger charge is -2.35. The summed E-state index contributed by atoms with van der Waals surface area (Å²) < 4.78 is 29.4. The molecule has 2 aliphatic heterocycles. The lowest BCUT2D eigenvalue weighted by Crippen LogP contribution is -2.49. The van der Waals surface area contributed by atoms with Crippen molar-refractivity contribution < 1.29 is 18.0 Å². The third kappa shape index (κ3) is 4.32. The molecule has 9 nitrogen and oxygen atoms in total. The largest absolute Gasteiger partial charge is 0.368 e. The summed E-state index contributed by atoms with van der Waals surface area (Å²) in [6.45, 7) is 2.07. The number of carbonyl (C=O) groups excluding carboxylic acids is 2. The Balaban J connectivity index is 1.53. The fraction of sp³-hybridized carbons (Fsp3) is 0.450. The number of hydrogen-bond donors (Lipinski definition) is 0. The number of amides is 1. The predicted molar refractivity (Wildman–Crippen MR) is 116 cm³/mol. The Bertz CT molecular complexity index is 1100. The average molecular weight is 466 g/mol. The van der Waals surface area contributed by atoms with Crippen molar-refractivity contribution in [2.45, 2.75) is 17.9 Å². The van der Waals surface area contributed by atoms with Crippen molar-refractivity contribution in [1.82, 2.24) is 19.0 Å². The van der Waals surface area contributed by atoms with Crippen LogP contribution in [-0.2, 0) is 21.9 Å². The van der Waals surface area contributed by atoms with E-state index in [1.54, 1.807) is 13.1 Å². The van der Waals surface area contributed by atoms with Crippen molar-refractivity contribution in [3.05, 3.63) is 41.0 Å². The summed E-state index contributed by atoms with van der Waals surface area (Å²) in [7, 11) is -2.37. The van der Waals surface area contributed by atoms with Gasteiger partial charge in [0, 0.05) is 65.4 Å². The van der Waals surface area contributed by atoms with Crippen LogP contribution >= 0.6 is 11.6 Å². The number of rotatable bonds is 4. The van der Waals surface area contributed by atoms with E-state index in [0.717, 1.165) is 5.69 Å². The molecule has 0 saturated carbocycles. The molecule has 0 aliphatic carbocycles. The maximum absolute atomic E-state index is 13.4. The van der Waals surface area contributed by atoms with Crippen LogP contribution in [0.5, 0.6) is 0 Å². The highest BCUT2D eigenvalue weighted by Crippen LogP contribution is 2.28. The zero-order chi connectivity index (χ0) is 22.2. The highest BCUT2D eigenvalue weighted by atomic mass is 35.5. The van der Waals surface area contributed by atoms with Gasteiger partial charge in [-0.25, -0.2) is 8.42 Å². The number of para-hydroxylation sites is 1. The summed E-state index contributed by atoms with van der Waals surface area (Å²) in [5, 5.41) is 4.51. The second-order valence-corrected chi connectivity index (χ2v) is 9.96. The van der Waals surface area contributed by atoms with Crippen LogP contribution in [0, 0.1) is 0 Å². The zero-order valence-electron chi connectivity index (χ0n) is 17.2. The number of sulfonamides is 1. The van der Waals surface area contributed by atoms with Crippen LogP contribution in [0.25, 0.3) is 0 Å². The minimum Gasteiger partial charge on any atom is -0.368 e. The van der Waals surface area contributed by atoms with Gasteiger partial charge in [0.05, 0.1) is 16.3 Å². The van der Waals surface area contributed by atoms with E-state index in [-0.39, 0.29) is 42.3 Å². The van der Waals surface area contributed by atoms with Gasteiger partial charge in [0.2, 0.25) is 5.03 Å². The molecule has 0 atom stereocenters. The standard InChI is InChI=1S/C20H24ClN5O4S/c1-23-14-16(20(28)25-8-6-15(27)7-9-25)19(22-23)31(29,30)26-12-10-24(11-13-26)18-5-3-2-4-17(18)21/h2-5,14H,6-13H2,1H3. The number of nitrogens with zero attached hydrogens (tertiary/aromatic N) is 5. The molecule has 31 heavy (non-hydrogen) atoms. The maximum Gasteiger partial charge on any atom is 0.263 e. The highest BCUT2D eigenvalue weighted by Gasteiger charge is 2.36. The highest BCUT2D eigenvalue weighted by molar-refractivity contribution is 7.89. The first kappa shape index (κ1) is 21.8. The van der Waals surface area contributed by atoms with Crippen molar-refractivity contribution in [2.24, 2.45) is 7.05 Å². The van der Waals surface area contributed by atoms with E-state index >= 15 is 0 Å². The molecule has 0 bridgehead atoms. The number of anilines is 1. The Morgan fingerprint density at radius 3 is 2.32 bits per heavy atom. The molecule has 0 radical (unpaired) electrons. The monoisotopic (exact) mass is 465 g/mol. The first-order chi connectivity index (χ1) is 14.8. The summed E-state index contributed by atoms with van der Waals surface area (Å²) in [4.78, 5) is 28.1. The van der Waals surface area contributed by atoms with E-state index in [1.165, 1.54) is 20.1 Å². The van der Waals surface area contributed by atoms with E-state index in [4.69, 9.17) is 11.6 Å². The molecule has 2 aliphatic rings. The molecule has 1 aromatic carbocycles. The maximum atomic E-state index is 13.4. The number of benzene rings is 1. The number of piperazine rings is 1. The summed E-state index contributed by atoms with van der Waals surface area (Å²) in [5.41, 5.74) is 0.917. The van der Waals surface area contributed by atoms with Gasteiger partial charge in [-0.1, -0.05) is 23.7 Å². The third-order valence-electron chi connectivity index (χ3n) is 5.65. The number of Topliss-reactive ketones (excluding diaryl/α,β-unsaturated/α-hetero) is 1. The number of carbonyl (C=O) groups is 2. The molecule has 4 rings (SSSR count). The van der Waals surface area contributed by atoms with Crippen molar-refractivity contribution in [1.29, 1.82) is 0 Å². The van der Waals surface area contributed by atoms with E-state index < -0.39 is 15.9 Å². The van der Waals surface area contributed by atoms with E-state index in [2.05, 4.69) is 5.10 Å². The topological polar surface area (TPSA) is 95.8 Å². The molecule has 1 aromatic heterocycles. The van der Waals surface area contributed by atoms with Crippen molar-refractivity contribution in [3.8, 4) is 0 Å². The number of halogens is 1. The molecule has 2 fully saturated rings. The van der Waals surface area contributed by atoms with Gasteiger partial charge in [0.15, 0.2) is 0 Å². The molecule has 0 unspecified atom stereocenters. The third-order valence-corrected chi connectivity index (χ3v) is 7.80. The molecule has 11 heteroatoms. The molecule has 166 valence electrons. The quantitative estimate of drug-likeness (QED) is 0.677. The van der Waals surface area contributed by atoms with Crippen LogP contribution in [0.4, 0.5) is 5.69 Å². The van der Waals surface area contributed by atoms with Gasteiger partial charge in [-0.2, -0.15) is 9.40 Å². The predicted octanol–water partition coefficient (Wildman–Crippen LogP) is 1.39. The minimum absolute atomic E-state index is 0.0467. The van der Waals surface area contributed by atoms with Crippen LogP contribution in [-0.4, -0.2) is 78.4 Å². The van der Waals surface area contributed by atoms with Gasteiger partial charge in [-0.3, -0.25) is 14.3 Å². The SMILES string of the molecule is Cn1cc(C(=O)N2CCC(=O)CC2)c(S(=O)(=O)N2CCN(c3ccccc3Cl)CC2)n1. The Kier molecular flexibility index (Phi) is 6.05. The molecule has 1 amide bonds. The fourth-order valence-electron chi connectivity index (χ4n) is 3.93. The molecule has 0 N–H and O–H groups in total. The molecular formula is C20H24ClN5O4S. The number of ketones is 1. The fourth-order valence-corrected chi connectivity index (χ4v) is 5.73. The lowest BCUT2D eigenvalue weighted by atomic mass is 10.1. The van der Waals surface area contributed by atoms with Gasteiger partial charge in [-0.05, 0) is 12.1 Å². The Morgan fingerprint density at radius 2 is 1.68 bits per heavy atom. The zero-order valence-corrected chi connectivity index (χ0v) is 18.8.